The van der Waals surface area contributed by atoms with E-state index in [9.17, 15) is 24.5 Å². The number of para-hydroxylation sites is 2. The number of nitrogens with zero attached hydrogens (tertiary/aromatic N) is 3. The van der Waals surface area contributed by atoms with Gasteiger partial charge in [0.15, 0.2) is 0 Å². The van der Waals surface area contributed by atoms with Gasteiger partial charge in [-0.05, 0) is 42.1 Å². The lowest BCUT2D eigenvalue weighted by Crippen LogP contribution is -2.38. The zero-order chi connectivity index (χ0) is 28.2. The zero-order valence-corrected chi connectivity index (χ0v) is 22.1. The molecule has 206 valence electrons. The number of amides is 3. The van der Waals surface area contributed by atoms with Crippen molar-refractivity contribution in [3.63, 3.8) is 0 Å². The highest BCUT2D eigenvalue weighted by Crippen LogP contribution is 2.37. The molecule has 13 heteroatoms. The van der Waals surface area contributed by atoms with Crippen LogP contribution < -0.4 is 15.0 Å². The summed E-state index contributed by atoms with van der Waals surface area (Å²) in [7, 11) is 1.39. The number of anilines is 2. The molecule has 5 rings (SSSR count). The summed E-state index contributed by atoms with van der Waals surface area (Å²) in [5, 5.41) is 13.3. The average molecular weight is 565 g/mol. The second kappa shape index (κ2) is 11.6. The molecule has 0 unspecified atom stereocenters. The molecule has 3 amide bonds. The van der Waals surface area contributed by atoms with Crippen molar-refractivity contribution in [2.24, 2.45) is 0 Å². The molecule has 2 fully saturated rings. The summed E-state index contributed by atoms with van der Waals surface area (Å²) >= 11 is 0.705. The molecule has 0 aliphatic carbocycles. The van der Waals surface area contributed by atoms with Crippen molar-refractivity contribution in [1.29, 1.82) is 0 Å². The van der Waals surface area contributed by atoms with Gasteiger partial charge in [0.05, 0.1) is 53.2 Å². The number of carbonyl (C=O) groups excluding carboxylic acids is 3. The highest BCUT2D eigenvalue weighted by atomic mass is 32.2. The lowest BCUT2D eigenvalue weighted by Gasteiger charge is -2.30. The molecule has 0 bridgehead atoms. The molecule has 2 aromatic carbocycles. The Labute approximate surface area is 232 Å². The summed E-state index contributed by atoms with van der Waals surface area (Å²) in [5.41, 5.74) is 1.78. The quantitative estimate of drug-likeness (QED) is 0.238. The first kappa shape index (κ1) is 27.0. The third-order valence-corrected chi connectivity index (χ3v) is 7.17. The predicted octanol–water partition coefficient (Wildman–Crippen LogP) is 4.38. The minimum absolute atomic E-state index is 0.100. The Morgan fingerprint density at radius 3 is 2.67 bits per heavy atom. The van der Waals surface area contributed by atoms with Gasteiger partial charge >= 0.3 is 0 Å². The normalized spacial score (nSPS) is 16.5. The van der Waals surface area contributed by atoms with E-state index in [0.717, 1.165) is 10.6 Å². The number of hydrogen-bond donors (Lipinski definition) is 1. The van der Waals surface area contributed by atoms with Crippen LogP contribution in [0.25, 0.3) is 17.4 Å². The third kappa shape index (κ3) is 5.70. The second-order valence-corrected chi connectivity index (χ2v) is 9.77. The number of imide groups is 1. The van der Waals surface area contributed by atoms with E-state index in [2.05, 4.69) is 10.2 Å². The predicted molar refractivity (Wildman–Crippen MR) is 148 cm³/mol. The van der Waals surface area contributed by atoms with Gasteiger partial charge < -0.3 is 24.1 Å². The standard InChI is InChI=1S/C27H24N4O8S/c1-37-23-14-17(31(35)36)6-8-19(23)22-9-7-18(39-22)15-24-26(33)30(27(34)40-24)16-25(32)28-20-4-2-3-5-21(20)29-10-12-38-13-11-29/h2-9,14-15H,10-13,16H2,1H3,(H,28,32)/b24-15+. The molecule has 0 saturated carbocycles. The first-order valence-electron chi connectivity index (χ1n) is 12.2. The second-order valence-electron chi connectivity index (χ2n) is 8.78. The number of morpholine rings is 1. The van der Waals surface area contributed by atoms with Crippen molar-refractivity contribution in [3.8, 4) is 17.1 Å². The number of benzene rings is 2. The summed E-state index contributed by atoms with van der Waals surface area (Å²) in [4.78, 5) is 52.1. The SMILES string of the molecule is COc1cc([N+](=O)[O-])ccc1-c1ccc(/C=C2/SC(=O)N(CC(=O)Nc3ccccc3N3CCOCC3)C2=O)o1. The van der Waals surface area contributed by atoms with Crippen LogP contribution in [0.1, 0.15) is 5.76 Å². The van der Waals surface area contributed by atoms with E-state index in [1.54, 1.807) is 24.3 Å². The number of nitro groups is 1. The van der Waals surface area contributed by atoms with Crippen LogP contribution in [0.15, 0.2) is 63.9 Å². The van der Waals surface area contributed by atoms with Crippen LogP contribution in [-0.2, 0) is 14.3 Å². The van der Waals surface area contributed by atoms with Gasteiger partial charge in [0.1, 0.15) is 23.8 Å². The van der Waals surface area contributed by atoms with Gasteiger partial charge in [-0.15, -0.1) is 0 Å². The van der Waals surface area contributed by atoms with Crippen LogP contribution in [0.3, 0.4) is 0 Å². The highest BCUT2D eigenvalue weighted by Gasteiger charge is 2.36. The van der Waals surface area contributed by atoms with E-state index in [1.165, 1.54) is 31.4 Å². The fourth-order valence-electron chi connectivity index (χ4n) is 4.33. The lowest BCUT2D eigenvalue weighted by molar-refractivity contribution is -0.384. The molecule has 3 aromatic rings. The molecular formula is C27H24N4O8S. The van der Waals surface area contributed by atoms with Crippen molar-refractivity contribution >= 4 is 52.0 Å². The number of thioether (sulfide) groups is 1. The largest absolute Gasteiger partial charge is 0.496 e. The van der Waals surface area contributed by atoms with Crippen molar-refractivity contribution in [2.45, 2.75) is 0 Å². The van der Waals surface area contributed by atoms with E-state index in [1.807, 2.05) is 12.1 Å². The Hall–Kier alpha value is -4.62. The lowest BCUT2D eigenvalue weighted by atomic mass is 10.1. The number of rotatable bonds is 8. The summed E-state index contributed by atoms with van der Waals surface area (Å²) in [6.45, 7) is 2.11. The molecule has 12 nitrogen and oxygen atoms in total. The van der Waals surface area contributed by atoms with Crippen molar-refractivity contribution in [3.05, 3.63) is 75.4 Å². The zero-order valence-electron chi connectivity index (χ0n) is 21.3. The van der Waals surface area contributed by atoms with Crippen LogP contribution in [0, 0.1) is 10.1 Å². The smallest absolute Gasteiger partial charge is 0.294 e. The van der Waals surface area contributed by atoms with Crippen LogP contribution >= 0.6 is 11.8 Å². The molecular weight excluding hydrogens is 540 g/mol. The van der Waals surface area contributed by atoms with Crippen LogP contribution in [-0.4, -0.2) is 66.8 Å². The Morgan fingerprint density at radius 1 is 1.15 bits per heavy atom. The van der Waals surface area contributed by atoms with E-state index in [-0.39, 0.29) is 22.1 Å². The van der Waals surface area contributed by atoms with Crippen LogP contribution in [0.4, 0.5) is 21.9 Å². The number of furan rings is 1. The molecule has 0 radical (unpaired) electrons. The van der Waals surface area contributed by atoms with Crippen molar-refractivity contribution in [1.82, 2.24) is 4.90 Å². The Balaban J connectivity index is 1.27. The fraction of sp³-hybridized carbons (Fsp3) is 0.222. The maximum atomic E-state index is 13.0. The van der Waals surface area contributed by atoms with Gasteiger partial charge in [-0.3, -0.25) is 29.4 Å². The Bertz CT molecular complexity index is 1510. The molecule has 2 saturated heterocycles. The van der Waals surface area contributed by atoms with Gasteiger partial charge in [-0.25, -0.2) is 0 Å². The van der Waals surface area contributed by atoms with Gasteiger partial charge in [0, 0.05) is 25.2 Å². The topological polar surface area (TPSA) is 144 Å². The molecule has 1 N–H and O–H groups in total. The van der Waals surface area contributed by atoms with Crippen LogP contribution in [0.2, 0.25) is 0 Å². The highest BCUT2D eigenvalue weighted by molar-refractivity contribution is 8.18. The van der Waals surface area contributed by atoms with Gasteiger partial charge in [-0.1, -0.05) is 12.1 Å². The number of nitro benzene ring substituents is 1. The number of hydrogen-bond acceptors (Lipinski definition) is 10. The Kier molecular flexibility index (Phi) is 7.84. The molecule has 1 aromatic heterocycles. The molecule has 2 aliphatic rings. The number of ether oxygens (including phenoxy) is 2. The summed E-state index contributed by atoms with van der Waals surface area (Å²) < 4.78 is 16.5. The first-order chi connectivity index (χ1) is 19.3. The number of non-ortho nitro benzene ring substituents is 1. The van der Waals surface area contributed by atoms with Gasteiger partial charge in [0.25, 0.3) is 16.8 Å². The number of nitrogens with one attached hydrogen (secondary N) is 1. The van der Waals surface area contributed by atoms with Gasteiger partial charge in [-0.2, -0.15) is 0 Å². The summed E-state index contributed by atoms with van der Waals surface area (Å²) in [6, 6.07) is 14.7. The van der Waals surface area contributed by atoms with Gasteiger partial charge in [0.2, 0.25) is 5.91 Å². The van der Waals surface area contributed by atoms with Crippen LogP contribution in [0.5, 0.6) is 5.75 Å². The summed E-state index contributed by atoms with van der Waals surface area (Å²) in [5.74, 6) is -0.232. The molecule has 0 spiro atoms. The Morgan fingerprint density at radius 2 is 1.93 bits per heavy atom. The monoisotopic (exact) mass is 564 g/mol. The maximum Gasteiger partial charge on any atom is 0.294 e. The van der Waals surface area contributed by atoms with Crippen molar-refractivity contribution in [2.75, 3.05) is 50.2 Å². The maximum absolute atomic E-state index is 13.0. The fourth-order valence-corrected chi connectivity index (χ4v) is 5.15. The van der Waals surface area contributed by atoms with Crippen molar-refractivity contribution < 1.29 is 33.2 Å². The molecule has 3 heterocycles. The first-order valence-corrected chi connectivity index (χ1v) is 13.1. The molecule has 40 heavy (non-hydrogen) atoms. The third-order valence-electron chi connectivity index (χ3n) is 6.27. The van der Waals surface area contributed by atoms with E-state index in [4.69, 9.17) is 13.9 Å². The number of methoxy groups -OCH3 is 1. The minimum Gasteiger partial charge on any atom is -0.496 e. The summed E-state index contributed by atoms with van der Waals surface area (Å²) in [6.07, 6.45) is 1.41. The average Bonchev–Trinajstić information content (AvgIpc) is 3.53. The number of carbonyl (C=O) groups is 3. The van der Waals surface area contributed by atoms with E-state index < -0.39 is 28.5 Å². The van der Waals surface area contributed by atoms with E-state index >= 15 is 0 Å². The molecule has 0 atom stereocenters. The minimum atomic E-state index is -0.613. The van der Waals surface area contributed by atoms with E-state index in [0.29, 0.717) is 55.1 Å². The molecule has 2 aliphatic heterocycles.